The van der Waals surface area contributed by atoms with Crippen molar-refractivity contribution in [2.24, 2.45) is 0 Å². The van der Waals surface area contributed by atoms with Crippen LogP contribution in [0.4, 0.5) is 0 Å². The number of hydrogen-bond acceptors (Lipinski definition) is 7. The van der Waals surface area contributed by atoms with Gasteiger partial charge < -0.3 is 29.2 Å². The molecule has 4 rings (SSSR count). The second kappa shape index (κ2) is 6.56. The Morgan fingerprint density at radius 1 is 1.23 bits per heavy atom. The van der Waals surface area contributed by atoms with E-state index in [0.29, 0.717) is 6.42 Å². The summed E-state index contributed by atoms with van der Waals surface area (Å²) in [5, 5.41) is 20.3. The van der Waals surface area contributed by atoms with Crippen molar-refractivity contribution in [1.29, 1.82) is 0 Å². The van der Waals surface area contributed by atoms with Crippen molar-refractivity contribution in [1.82, 2.24) is 4.90 Å². The average molecular weight is 365 g/mol. The smallest absolute Gasteiger partial charge is 0.231 e. The highest BCUT2D eigenvalue weighted by Gasteiger charge is 2.48. The molecule has 1 spiro atoms. The summed E-state index contributed by atoms with van der Waals surface area (Å²) >= 11 is 0. The first kappa shape index (κ1) is 17.9. The van der Waals surface area contributed by atoms with E-state index in [9.17, 15) is 10.2 Å². The lowest BCUT2D eigenvalue weighted by Gasteiger charge is -2.50. The second-order valence-electron chi connectivity index (χ2n) is 7.84. The van der Waals surface area contributed by atoms with Crippen LogP contribution in [0.3, 0.4) is 0 Å². The minimum Gasteiger partial charge on any atom is -0.496 e. The number of hydrogen-bond donors (Lipinski definition) is 2. The monoisotopic (exact) mass is 365 g/mol. The molecule has 0 unspecified atom stereocenters. The van der Waals surface area contributed by atoms with Gasteiger partial charge in [0.25, 0.3) is 0 Å². The van der Waals surface area contributed by atoms with E-state index in [1.54, 1.807) is 14.0 Å². The van der Waals surface area contributed by atoms with Gasteiger partial charge >= 0.3 is 0 Å². The van der Waals surface area contributed by atoms with E-state index in [-0.39, 0.29) is 19.0 Å². The average Bonchev–Trinajstić information content (AvgIpc) is 3.07. The number of ether oxygens (including phenoxy) is 4. The molecular weight excluding hydrogens is 338 g/mol. The molecule has 3 heterocycles. The first-order valence-electron chi connectivity index (χ1n) is 9.14. The van der Waals surface area contributed by atoms with Crippen LogP contribution >= 0.6 is 0 Å². The summed E-state index contributed by atoms with van der Waals surface area (Å²) in [6.07, 6.45) is 1.33. The maximum atomic E-state index is 10.4. The molecule has 144 valence electrons. The van der Waals surface area contributed by atoms with Crippen LogP contribution in [0.2, 0.25) is 0 Å². The Balaban J connectivity index is 1.42. The van der Waals surface area contributed by atoms with E-state index in [1.807, 2.05) is 12.1 Å². The molecule has 0 aliphatic carbocycles. The van der Waals surface area contributed by atoms with Gasteiger partial charge in [-0.2, -0.15) is 0 Å². The minimum atomic E-state index is -1.08. The van der Waals surface area contributed by atoms with E-state index in [2.05, 4.69) is 4.90 Å². The Morgan fingerprint density at radius 2 is 1.92 bits per heavy atom. The van der Waals surface area contributed by atoms with Crippen molar-refractivity contribution >= 4 is 0 Å². The number of nitrogens with zero attached hydrogens (tertiary/aromatic N) is 1. The molecular formula is C19H27NO6. The van der Waals surface area contributed by atoms with Crippen molar-refractivity contribution < 1.29 is 29.2 Å². The van der Waals surface area contributed by atoms with Crippen molar-refractivity contribution in [3.8, 4) is 17.2 Å². The first-order valence-corrected chi connectivity index (χ1v) is 9.14. The minimum absolute atomic E-state index is 0.197. The van der Waals surface area contributed by atoms with Crippen LogP contribution in [-0.2, 0) is 11.3 Å². The summed E-state index contributed by atoms with van der Waals surface area (Å²) in [5.41, 5.74) is -0.348. The Hall–Kier alpha value is -1.54. The summed E-state index contributed by atoms with van der Waals surface area (Å²) in [4.78, 5) is 2.36. The summed E-state index contributed by atoms with van der Waals surface area (Å²) in [7, 11) is 1.66. The molecule has 0 radical (unpaired) electrons. The van der Waals surface area contributed by atoms with E-state index >= 15 is 0 Å². The molecule has 26 heavy (non-hydrogen) atoms. The van der Waals surface area contributed by atoms with Crippen LogP contribution in [0.1, 0.15) is 31.7 Å². The Labute approximate surface area is 153 Å². The fourth-order valence-corrected chi connectivity index (χ4v) is 4.22. The Kier molecular flexibility index (Phi) is 4.51. The fraction of sp³-hybridized carbons (Fsp3) is 0.684. The number of benzene rings is 1. The zero-order valence-corrected chi connectivity index (χ0v) is 15.4. The maximum Gasteiger partial charge on any atom is 0.231 e. The van der Waals surface area contributed by atoms with Gasteiger partial charge in [0.15, 0.2) is 11.5 Å². The number of rotatable bonds is 3. The quantitative estimate of drug-likeness (QED) is 0.835. The number of piperidine rings is 1. The zero-order valence-electron chi connectivity index (χ0n) is 15.4. The SMILES string of the molecule is COc1cc2c(cc1CN1CCC3(CC1)C[C@](C)(O)[C@@H](O)CO3)OCO2. The van der Waals surface area contributed by atoms with Crippen molar-refractivity contribution in [2.45, 2.75) is 50.0 Å². The molecule has 2 fully saturated rings. The second-order valence-corrected chi connectivity index (χ2v) is 7.84. The molecule has 1 aromatic carbocycles. The highest BCUT2D eigenvalue weighted by molar-refractivity contribution is 5.51. The number of aliphatic hydroxyl groups is 2. The van der Waals surface area contributed by atoms with Gasteiger partial charge in [-0.15, -0.1) is 0 Å². The van der Waals surface area contributed by atoms with Gasteiger partial charge in [0.1, 0.15) is 11.9 Å². The number of likely N-dealkylation sites (tertiary alicyclic amines) is 1. The molecule has 0 saturated carbocycles. The molecule has 3 aliphatic rings. The molecule has 0 amide bonds. The van der Waals surface area contributed by atoms with Crippen LogP contribution < -0.4 is 14.2 Å². The van der Waals surface area contributed by atoms with Crippen molar-refractivity contribution in [3.05, 3.63) is 17.7 Å². The highest BCUT2D eigenvalue weighted by Crippen LogP contribution is 2.41. The summed E-state index contributed by atoms with van der Waals surface area (Å²) in [6.45, 7) is 4.63. The predicted octanol–water partition coefficient (Wildman–Crippen LogP) is 1.29. The van der Waals surface area contributed by atoms with E-state index in [1.165, 1.54) is 0 Å². The summed E-state index contributed by atoms with van der Waals surface area (Å²) in [6, 6.07) is 3.87. The lowest BCUT2D eigenvalue weighted by atomic mass is 9.76. The lowest BCUT2D eigenvalue weighted by Crippen LogP contribution is -2.59. The van der Waals surface area contributed by atoms with Crippen LogP contribution in [0.15, 0.2) is 12.1 Å². The first-order chi connectivity index (χ1) is 12.4. The van der Waals surface area contributed by atoms with Crippen LogP contribution in [0.25, 0.3) is 0 Å². The van der Waals surface area contributed by atoms with Gasteiger partial charge in [0.2, 0.25) is 6.79 Å². The topological polar surface area (TPSA) is 80.6 Å². The zero-order chi connectivity index (χ0) is 18.4. The molecule has 2 N–H and O–H groups in total. The largest absolute Gasteiger partial charge is 0.496 e. The summed E-state index contributed by atoms with van der Waals surface area (Å²) in [5.74, 6) is 2.28. The van der Waals surface area contributed by atoms with Gasteiger partial charge in [-0.25, -0.2) is 0 Å². The van der Waals surface area contributed by atoms with Crippen LogP contribution in [0, 0.1) is 0 Å². The molecule has 0 bridgehead atoms. The van der Waals surface area contributed by atoms with Crippen LogP contribution in [0.5, 0.6) is 17.2 Å². The van der Waals surface area contributed by atoms with Gasteiger partial charge in [0.05, 0.1) is 24.9 Å². The van der Waals surface area contributed by atoms with E-state index in [0.717, 1.165) is 55.3 Å². The highest BCUT2D eigenvalue weighted by atomic mass is 16.7. The molecule has 2 saturated heterocycles. The molecule has 1 aromatic rings. The number of methoxy groups -OCH3 is 1. The van der Waals surface area contributed by atoms with E-state index in [4.69, 9.17) is 18.9 Å². The number of fused-ring (bicyclic) bond motifs is 1. The number of aliphatic hydroxyl groups excluding tert-OH is 1. The van der Waals surface area contributed by atoms with Crippen LogP contribution in [-0.4, -0.2) is 66.0 Å². The lowest BCUT2D eigenvalue weighted by molar-refractivity contribution is -0.223. The molecule has 0 aromatic heterocycles. The standard InChI is InChI=1S/C19H27NO6/c1-18(22)11-19(26-10-17(18)21)3-5-20(6-4-19)9-13-7-15-16(25-12-24-15)8-14(13)23-2/h7-8,17,21-22H,3-6,9-12H2,1-2H3/t17-,18-/m0/s1. The molecule has 3 aliphatic heterocycles. The fourth-order valence-electron chi connectivity index (χ4n) is 4.22. The third-order valence-corrected chi connectivity index (χ3v) is 5.88. The van der Waals surface area contributed by atoms with Crippen molar-refractivity contribution in [3.63, 3.8) is 0 Å². The molecule has 2 atom stereocenters. The van der Waals surface area contributed by atoms with Gasteiger partial charge in [-0.3, -0.25) is 4.90 Å². The maximum absolute atomic E-state index is 10.4. The normalized spacial score (nSPS) is 30.5. The third kappa shape index (κ3) is 3.24. The molecule has 7 nitrogen and oxygen atoms in total. The molecule has 7 heteroatoms. The predicted molar refractivity (Wildman–Crippen MR) is 93.6 cm³/mol. The van der Waals surface area contributed by atoms with Gasteiger partial charge in [-0.1, -0.05) is 0 Å². The summed E-state index contributed by atoms with van der Waals surface area (Å²) < 4.78 is 22.4. The van der Waals surface area contributed by atoms with Gasteiger partial charge in [-0.05, 0) is 25.8 Å². The Morgan fingerprint density at radius 3 is 2.58 bits per heavy atom. The van der Waals surface area contributed by atoms with Gasteiger partial charge in [0, 0.05) is 37.7 Å². The Bertz CT molecular complexity index is 668. The van der Waals surface area contributed by atoms with E-state index < -0.39 is 11.7 Å². The van der Waals surface area contributed by atoms with Crippen molar-refractivity contribution in [2.75, 3.05) is 33.6 Å². The third-order valence-electron chi connectivity index (χ3n) is 5.88.